The number of rotatable bonds is 6. The lowest BCUT2D eigenvalue weighted by Crippen LogP contribution is -2.37. The van der Waals surface area contributed by atoms with Crippen LogP contribution in [0.3, 0.4) is 0 Å². The van der Waals surface area contributed by atoms with Gasteiger partial charge in [0.25, 0.3) is 0 Å². The Hall–Kier alpha value is -0.640. The van der Waals surface area contributed by atoms with E-state index in [4.69, 9.17) is 11.6 Å². The van der Waals surface area contributed by atoms with E-state index in [1.165, 1.54) is 0 Å². The smallest absolute Gasteiger partial charge is 0.0589 e. The maximum absolute atomic E-state index is 5.77. The molecule has 1 unspecified atom stereocenters. The minimum Gasteiger partial charge on any atom is -0.307 e. The van der Waals surface area contributed by atoms with Crippen molar-refractivity contribution in [1.29, 1.82) is 0 Å². The van der Waals surface area contributed by atoms with Crippen LogP contribution in [0.1, 0.15) is 19.5 Å². The predicted molar refractivity (Wildman–Crippen MR) is 68.7 cm³/mol. The number of hydrogen-bond acceptors (Lipinski definition) is 3. The molecular formula is C12H20ClN3. The molecule has 0 aromatic carbocycles. The van der Waals surface area contributed by atoms with Gasteiger partial charge in [0.1, 0.15) is 0 Å². The van der Waals surface area contributed by atoms with Gasteiger partial charge in [0, 0.05) is 25.3 Å². The van der Waals surface area contributed by atoms with Gasteiger partial charge >= 0.3 is 0 Å². The summed E-state index contributed by atoms with van der Waals surface area (Å²) >= 11 is 5.77. The van der Waals surface area contributed by atoms with Crippen LogP contribution in [-0.4, -0.2) is 36.1 Å². The van der Waals surface area contributed by atoms with E-state index in [9.17, 15) is 0 Å². The average molecular weight is 242 g/mol. The summed E-state index contributed by atoms with van der Waals surface area (Å²) in [5.74, 6) is 0. The van der Waals surface area contributed by atoms with E-state index >= 15 is 0 Å². The largest absolute Gasteiger partial charge is 0.307 e. The van der Waals surface area contributed by atoms with Crippen LogP contribution in [0, 0.1) is 0 Å². The van der Waals surface area contributed by atoms with Crippen molar-refractivity contribution in [3.8, 4) is 0 Å². The fourth-order valence-electron chi connectivity index (χ4n) is 1.45. The molecule has 4 heteroatoms. The number of hydrogen-bond donors (Lipinski definition) is 1. The number of pyridine rings is 1. The van der Waals surface area contributed by atoms with Gasteiger partial charge in [0.15, 0.2) is 0 Å². The van der Waals surface area contributed by atoms with Crippen molar-refractivity contribution in [2.24, 2.45) is 0 Å². The third kappa shape index (κ3) is 4.92. The molecule has 1 aromatic rings. The monoisotopic (exact) mass is 241 g/mol. The molecule has 0 radical (unpaired) electrons. The first-order valence-electron chi connectivity index (χ1n) is 5.64. The van der Waals surface area contributed by atoms with Crippen LogP contribution in [0.15, 0.2) is 18.3 Å². The lowest BCUT2D eigenvalue weighted by molar-refractivity contribution is 0.309. The second-order valence-electron chi connectivity index (χ2n) is 4.10. The maximum atomic E-state index is 5.77. The predicted octanol–water partition coefficient (Wildman–Crippen LogP) is 2.16. The van der Waals surface area contributed by atoms with Gasteiger partial charge in [-0.3, -0.25) is 4.98 Å². The van der Waals surface area contributed by atoms with E-state index < -0.39 is 0 Å². The van der Waals surface area contributed by atoms with Crippen LogP contribution in [0.4, 0.5) is 0 Å². The minimum atomic E-state index is 0.461. The summed E-state index contributed by atoms with van der Waals surface area (Å²) in [6, 6.07) is 4.28. The number of nitrogens with zero attached hydrogens (tertiary/aromatic N) is 2. The third-order valence-electron chi connectivity index (χ3n) is 2.55. The summed E-state index contributed by atoms with van der Waals surface area (Å²) in [4.78, 5) is 6.53. The second-order valence-corrected chi connectivity index (χ2v) is 4.54. The van der Waals surface area contributed by atoms with Gasteiger partial charge in [-0.05, 0) is 32.6 Å². The Kier molecular flexibility index (Phi) is 5.74. The number of halogens is 1. The van der Waals surface area contributed by atoms with E-state index in [0.717, 1.165) is 25.3 Å². The van der Waals surface area contributed by atoms with E-state index in [0.29, 0.717) is 11.1 Å². The molecule has 0 amide bonds. The molecule has 0 aliphatic rings. The van der Waals surface area contributed by atoms with Crippen molar-refractivity contribution in [1.82, 2.24) is 15.2 Å². The summed E-state index contributed by atoms with van der Waals surface area (Å²) in [6.45, 7) is 7.25. The van der Waals surface area contributed by atoms with Crippen molar-refractivity contribution in [2.45, 2.75) is 26.4 Å². The van der Waals surface area contributed by atoms with E-state index in [-0.39, 0.29) is 0 Å². The molecule has 0 spiro atoms. The molecule has 0 saturated heterocycles. The standard InChI is InChI=1S/C12H20ClN3/c1-4-16(3)9-10(2)14-8-12-6-5-11(13)7-15-12/h5-7,10,14H,4,8-9H2,1-3H3. The highest BCUT2D eigenvalue weighted by molar-refractivity contribution is 6.30. The molecule has 16 heavy (non-hydrogen) atoms. The molecule has 90 valence electrons. The Morgan fingerprint density at radius 1 is 1.50 bits per heavy atom. The Bertz CT molecular complexity index is 300. The minimum absolute atomic E-state index is 0.461. The molecule has 0 aliphatic heterocycles. The fraction of sp³-hybridized carbons (Fsp3) is 0.583. The summed E-state index contributed by atoms with van der Waals surface area (Å²) in [5.41, 5.74) is 1.02. The Labute approximate surface area is 103 Å². The lowest BCUT2D eigenvalue weighted by Gasteiger charge is -2.20. The first-order valence-corrected chi connectivity index (χ1v) is 6.02. The Morgan fingerprint density at radius 3 is 2.81 bits per heavy atom. The van der Waals surface area contributed by atoms with Gasteiger partial charge in [0.2, 0.25) is 0 Å². The number of aromatic nitrogens is 1. The van der Waals surface area contributed by atoms with Gasteiger partial charge in [-0.1, -0.05) is 18.5 Å². The highest BCUT2D eigenvalue weighted by atomic mass is 35.5. The van der Waals surface area contributed by atoms with Crippen LogP contribution in [-0.2, 0) is 6.54 Å². The normalized spacial score (nSPS) is 13.1. The molecular weight excluding hydrogens is 222 g/mol. The zero-order chi connectivity index (χ0) is 12.0. The Balaban J connectivity index is 2.31. The summed E-state index contributed by atoms with van der Waals surface area (Å²) < 4.78 is 0. The lowest BCUT2D eigenvalue weighted by atomic mass is 10.3. The van der Waals surface area contributed by atoms with E-state index in [1.54, 1.807) is 6.20 Å². The highest BCUT2D eigenvalue weighted by Gasteiger charge is 2.04. The van der Waals surface area contributed by atoms with Gasteiger partial charge in [-0.2, -0.15) is 0 Å². The van der Waals surface area contributed by atoms with Crippen molar-refractivity contribution < 1.29 is 0 Å². The van der Waals surface area contributed by atoms with Gasteiger partial charge in [-0.25, -0.2) is 0 Å². The zero-order valence-corrected chi connectivity index (χ0v) is 11.0. The highest BCUT2D eigenvalue weighted by Crippen LogP contribution is 2.05. The molecule has 0 bridgehead atoms. The van der Waals surface area contributed by atoms with E-state index in [1.807, 2.05) is 12.1 Å². The molecule has 0 fully saturated rings. The van der Waals surface area contributed by atoms with Gasteiger partial charge in [-0.15, -0.1) is 0 Å². The summed E-state index contributed by atoms with van der Waals surface area (Å²) in [5, 5.41) is 4.12. The van der Waals surface area contributed by atoms with Crippen LogP contribution >= 0.6 is 11.6 Å². The third-order valence-corrected chi connectivity index (χ3v) is 2.77. The quantitative estimate of drug-likeness (QED) is 0.828. The number of likely N-dealkylation sites (N-methyl/N-ethyl adjacent to an activating group) is 1. The second kappa shape index (κ2) is 6.84. The van der Waals surface area contributed by atoms with Crippen LogP contribution < -0.4 is 5.32 Å². The molecule has 3 nitrogen and oxygen atoms in total. The molecule has 0 aliphatic carbocycles. The molecule has 1 aromatic heterocycles. The van der Waals surface area contributed by atoms with Crippen molar-refractivity contribution >= 4 is 11.6 Å². The molecule has 1 rings (SSSR count). The topological polar surface area (TPSA) is 28.2 Å². The average Bonchev–Trinajstić information content (AvgIpc) is 2.28. The number of nitrogens with one attached hydrogen (secondary N) is 1. The van der Waals surface area contributed by atoms with Crippen molar-refractivity contribution in [3.63, 3.8) is 0 Å². The summed E-state index contributed by atoms with van der Waals surface area (Å²) in [7, 11) is 2.12. The SMILES string of the molecule is CCN(C)CC(C)NCc1ccc(Cl)cn1. The maximum Gasteiger partial charge on any atom is 0.0589 e. The van der Waals surface area contributed by atoms with Gasteiger partial charge in [0.05, 0.1) is 10.7 Å². The fourth-order valence-corrected chi connectivity index (χ4v) is 1.56. The zero-order valence-electron chi connectivity index (χ0n) is 10.2. The van der Waals surface area contributed by atoms with E-state index in [2.05, 4.69) is 36.1 Å². The molecule has 0 saturated carbocycles. The molecule has 1 atom stereocenters. The molecule has 1 N–H and O–H groups in total. The first kappa shape index (κ1) is 13.4. The van der Waals surface area contributed by atoms with Crippen LogP contribution in [0.25, 0.3) is 0 Å². The summed E-state index contributed by atoms with van der Waals surface area (Å²) in [6.07, 6.45) is 1.68. The van der Waals surface area contributed by atoms with Crippen molar-refractivity contribution in [3.05, 3.63) is 29.0 Å². The van der Waals surface area contributed by atoms with Crippen molar-refractivity contribution in [2.75, 3.05) is 20.1 Å². The first-order chi connectivity index (χ1) is 7.61. The van der Waals surface area contributed by atoms with Gasteiger partial charge < -0.3 is 10.2 Å². The van der Waals surface area contributed by atoms with Crippen LogP contribution in [0.5, 0.6) is 0 Å². The Morgan fingerprint density at radius 2 is 2.25 bits per heavy atom. The van der Waals surface area contributed by atoms with Crippen LogP contribution in [0.2, 0.25) is 5.02 Å². The molecule has 1 heterocycles.